The average molecular weight is 370 g/mol. The first-order valence-corrected chi connectivity index (χ1v) is 8.96. The predicted molar refractivity (Wildman–Crippen MR) is 78.3 cm³/mol. The highest BCUT2D eigenvalue weighted by atomic mass is 32.2. The summed E-state index contributed by atoms with van der Waals surface area (Å²) in [6.07, 6.45) is 3.32. The number of halogens is 4. The van der Waals surface area contributed by atoms with Gasteiger partial charge in [0, 0.05) is 0 Å². The first kappa shape index (κ1) is 19.0. The maximum absolute atomic E-state index is 13.9. The zero-order valence-electron chi connectivity index (χ0n) is 13.0. The maximum Gasteiger partial charge on any atom is 0.534 e. The fourth-order valence-electron chi connectivity index (χ4n) is 2.66. The second-order valence-electron chi connectivity index (χ2n) is 5.73. The molecule has 0 aliphatic carbocycles. The monoisotopic (exact) mass is 370 g/mol. The molecule has 2 atom stereocenters. The Bertz CT molecular complexity index is 665. The van der Waals surface area contributed by atoms with Crippen LogP contribution in [0.15, 0.2) is 18.2 Å². The van der Waals surface area contributed by atoms with Crippen molar-refractivity contribution in [2.45, 2.75) is 44.2 Å². The molecule has 24 heavy (non-hydrogen) atoms. The van der Waals surface area contributed by atoms with Gasteiger partial charge in [0.15, 0.2) is 11.6 Å². The maximum atomic E-state index is 13.9. The van der Waals surface area contributed by atoms with E-state index in [0.29, 0.717) is 24.5 Å². The smallest absolute Gasteiger partial charge is 0.373 e. The molecule has 0 aromatic heterocycles. The molecule has 1 aromatic rings. The summed E-state index contributed by atoms with van der Waals surface area (Å²) in [5.74, 6) is -1.72. The third-order valence-electron chi connectivity index (χ3n) is 3.88. The second kappa shape index (κ2) is 7.26. The van der Waals surface area contributed by atoms with Gasteiger partial charge in [-0.05, 0) is 42.9 Å². The number of alkyl halides is 3. The Kier molecular flexibility index (Phi) is 5.74. The Balaban J connectivity index is 2.08. The van der Waals surface area contributed by atoms with Gasteiger partial charge in [-0.25, -0.2) is 4.39 Å². The molecule has 1 aliphatic heterocycles. The van der Waals surface area contributed by atoms with Gasteiger partial charge in [0.1, 0.15) is 0 Å². The van der Waals surface area contributed by atoms with Crippen LogP contribution in [-0.2, 0) is 14.9 Å². The predicted octanol–water partition coefficient (Wildman–Crippen LogP) is 4.32. The standard InChI is InChI=1S/C15H18F4O4S/c1-2-3-10-4-6-13(22-9-10)11-5-7-14(12(16)8-11)23-24(20,21)15(17,18)19/h5,7-8,10,13H,2-4,6,9H2,1H3/t10-,13+/m0/s1. The molecule has 9 heteroatoms. The molecule has 0 amide bonds. The van der Waals surface area contributed by atoms with Gasteiger partial charge in [0.25, 0.3) is 0 Å². The minimum absolute atomic E-state index is 0.360. The summed E-state index contributed by atoms with van der Waals surface area (Å²) < 4.78 is 82.0. The molecular weight excluding hydrogens is 352 g/mol. The van der Waals surface area contributed by atoms with Gasteiger partial charge >= 0.3 is 15.6 Å². The zero-order chi connectivity index (χ0) is 18.0. The van der Waals surface area contributed by atoms with E-state index in [0.717, 1.165) is 31.4 Å². The number of hydrogen-bond acceptors (Lipinski definition) is 4. The van der Waals surface area contributed by atoms with Gasteiger partial charge < -0.3 is 8.92 Å². The average Bonchev–Trinajstić information content (AvgIpc) is 2.49. The summed E-state index contributed by atoms with van der Waals surface area (Å²) >= 11 is 0. The molecule has 0 bridgehead atoms. The highest BCUT2D eigenvalue weighted by molar-refractivity contribution is 7.88. The molecule has 0 spiro atoms. The van der Waals surface area contributed by atoms with Crippen LogP contribution >= 0.6 is 0 Å². The van der Waals surface area contributed by atoms with Crippen LogP contribution in [0, 0.1) is 11.7 Å². The molecule has 0 N–H and O–H groups in total. The summed E-state index contributed by atoms with van der Waals surface area (Å²) in [5.41, 5.74) is -5.17. The third-order valence-corrected chi connectivity index (χ3v) is 4.84. The van der Waals surface area contributed by atoms with E-state index >= 15 is 0 Å². The van der Waals surface area contributed by atoms with E-state index in [2.05, 4.69) is 11.1 Å². The van der Waals surface area contributed by atoms with E-state index < -0.39 is 27.2 Å². The first-order valence-electron chi connectivity index (χ1n) is 7.56. The topological polar surface area (TPSA) is 52.6 Å². The minimum Gasteiger partial charge on any atom is -0.373 e. The fraction of sp³-hybridized carbons (Fsp3) is 0.600. The second-order valence-corrected chi connectivity index (χ2v) is 7.26. The van der Waals surface area contributed by atoms with Crippen LogP contribution in [0.2, 0.25) is 0 Å². The van der Waals surface area contributed by atoms with Crippen molar-refractivity contribution in [3.8, 4) is 5.75 Å². The molecular formula is C15H18F4O4S. The van der Waals surface area contributed by atoms with E-state index in [9.17, 15) is 26.0 Å². The van der Waals surface area contributed by atoms with Crippen molar-refractivity contribution in [1.29, 1.82) is 0 Å². The summed E-state index contributed by atoms with van der Waals surface area (Å²) in [6.45, 7) is 2.62. The van der Waals surface area contributed by atoms with Gasteiger partial charge in [-0.15, -0.1) is 0 Å². The Morgan fingerprint density at radius 1 is 1.29 bits per heavy atom. The lowest BCUT2D eigenvalue weighted by Gasteiger charge is -2.29. The largest absolute Gasteiger partial charge is 0.534 e. The Morgan fingerprint density at radius 3 is 2.50 bits per heavy atom. The SMILES string of the molecule is CCC[C@H]1CC[C@H](c2ccc(OS(=O)(=O)C(F)(F)F)c(F)c2)OC1. The molecule has 0 unspecified atom stereocenters. The normalized spacial score (nSPS) is 22.4. The van der Waals surface area contributed by atoms with E-state index in [1.807, 2.05) is 0 Å². The van der Waals surface area contributed by atoms with E-state index in [1.165, 1.54) is 6.07 Å². The fourth-order valence-corrected chi connectivity index (χ4v) is 3.12. The molecule has 0 radical (unpaired) electrons. The highest BCUT2D eigenvalue weighted by Gasteiger charge is 2.48. The van der Waals surface area contributed by atoms with Crippen LogP contribution in [0.3, 0.4) is 0 Å². The molecule has 1 heterocycles. The summed E-state index contributed by atoms with van der Waals surface area (Å²) in [4.78, 5) is 0. The zero-order valence-corrected chi connectivity index (χ0v) is 13.8. The van der Waals surface area contributed by atoms with E-state index in [-0.39, 0.29) is 6.10 Å². The van der Waals surface area contributed by atoms with Crippen LogP contribution in [0.4, 0.5) is 17.6 Å². The van der Waals surface area contributed by atoms with Crippen molar-refractivity contribution in [1.82, 2.24) is 0 Å². The quantitative estimate of drug-likeness (QED) is 0.440. The van der Waals surface area contributed by atoms with E-state index in [1.54, 1.807) is 0 Å². The lowest BCUT2D eigenvalue weighted by atomic mass is 9.92. The number of hydrogen-bond donors (Lipinski definition) is 0. The van der Waals surface area contributed by atoms with Crippen molar-refractivity contribution in [3.63, 3.8) is 0 Å². The van der Waals surface area contributed by atoms with Crippen LogP contribution in [0.25, 0.3) is 0 Å². The van der Waals surface area contributed by atoms with Crippen molar-refractivity contribution >= 4 is 10.1 Å². The van der Waals surface area contributed by atoms with Crippen LogP contribution < -0.4 is 4.18 Å². The van der Waals surface area contributed by atoms with Crippen LogP contribution in [0.5, 0.6) is 5.75 Å². The van der Waals surface area contributed by atoms with Gasteiger partial charge in [-0.1, -0.05) is 19.4 Å². The van der Waals surface area contributed by atoms with Gasteiger partial charge in [0.05, 0.1) is 12.7 Å². The Labute approximate surface area is 137 Å². The minimum atomic E-state index is -5.90. The van der Waals surface area contributed by atoms with Crippen molar-refractivity contribution in [2.75, 3.05) is 6.61 Å². The van der Waals surface area contributed by atoms with Crippen molar-refractivity contribution in [3.05, 3.63) is 29.6 Å². The number of benzene rings is 1. The summed E-state index contributed by atoms with van der Waals surface area (Å²) in [7, 11) is -5.90. The molecule has 4 nitrogen and oxygen atoms in total. The van der Waals surface area contributed by atoms with Crippen molar-refractivity contribution < 1.29 is 34.9 Å². The van der Waals surface area contributed by atoms with Gasteiger partial charge in [-0.3, -0.25) is 0 Å². The lowest BCUT2D eigenvalue weighted by Crippen LogP contribution is -2.28. The third kappa shape index (κ3) is 4.38. The molecule has 136 valence electrons. The number of rotatable bonds is 5. The van der Waals surface area contributed by atoms with Crippen LogP contribution in [0.1, 0.15) is 44.3 Å². The van der Waals surface area contributed by atoms with Gasteiger partial charge in [0.2, 0.25) is 0 Å². The molecule has 1 aromatic carbocycles. The van der Waals surface area contributed by atoms with E-state index in [4.69, 9.17) is 4.74 Å². The number of ether oxygens (including phenoxy) is 1. The summed E-state index contributed by atoms with van der Waals surface area (Å²) in [5, 5.41) is 0. The van der Waals surface area contributed by atoms with Crippen molar-refractivity contribution in [2.24, 2.45) is 5.92 Å². The Hall–Kier alpha value is -1.35. The molecule has 1 fully saturated rings. The lowest BCUT2D eigenvalue weighted by molar-refractivity contribution is -0.0501. The first-order chi connectivity index (χ1) is 11.1. The Morgan fingerprint density at radius 2 is 2.00 bits per heavy atom. The van der Waals surface area contributed by atoms with Gasteiger partial charge in [-0.2, -0.15) is 21.6 Å². The molecule has 1 aliphatic rings. The van der Waals surface area contributed by atoms with Crippen LogP contribution in [-0.4, -0.2) is 20.5 Å². The molecule has 0 saturated carbocycles. The molecule has 2 rings (SSSR count). The molecule has 1 saturated heterocycles. The highest BCUT2D eigenvalue weighted by Crippen LogP contribution is 2.35. The summed E-state index contributed by atoms with van der Waals surface area (Å²) in [6, 6.07) is 3.14.